The van der Waals surface area contributed by atoms with Crippen LogP contribution in [0.3, 0.4) is 0 Å². The molecule has 0 radical (unpaired) electrons. The lowest BCUT2D eigenvalue weighted by Gasteiger charge is -2.33. The Balaban J connectivity index is 2.05. The van der Waals surface area contributed by atoms with Crippen molar-refractivity contribution in [3.8, 4) is 0 Å². The van der Waals surface area contributed by atoms with Crippen LogP contribution in [0.2, 0.25) is 0 Å². The van der Waals surface area contributed by atoms with Crippen molar-refractivity contribution in [3.63, 3.8) is 0 Å². The Labute approximate surface area is 116 Å². The highest BCUT2D eigenvalue weighted by Gasteiger charge is 2.29. The molecule has 0 amide bonds. The number of benzene rings is 1. The molecular formula is C17H25NO. The SMILES string of the molecule is CCCCN1CC=C(C(C)(O)c2ccccc2)CC1. The minimum atomic E-state index is -0.821. The molecule has 0 bridgehead atoms. The molecule has 0 fully saturated rings. The standard InChI is InChI=1S/C17H25NO/c1-3-4-12-18-13-10-16(11-14-18)17(2,19)15-8-6-5-7-9-15/h5-10,19H,3-4,11-14H2,1-2H3. The molecule has 2 nitrogen and oxygen atoms in total. The zero-order valence-electron chi connectivity index (χ0n) is 12.1. The van der Waals surface area contributed by atoms with Crippen LogP contribution in [0.25, 0.3) is 0 Å². The number of rotatable bonds is 5. The van der Waals surface area contributed by atoms with Gasteiger partial charge >= 0.3 is 0 Å². The van der Waals surface area contributed by atoms with Gasteiger partial charge in [-0.15, -0.1) is 0 Å². The van der Waals surface area contributed by atoms with E-state index in [9.17, 15) is 5.11 Å². The molecule has 0 saturated carbocycles. The second kappa shape index (κ2) is 6.36. The van der Waals surface area contributed by atoms with Crippen molar-refractivity contribution in [3.05, 3.63) is 47.5 Å². The average Bonchev–Trinajstić information content (AvgIpc) is 2.46. The van der Waals surface area contributed by atoms with Gasteiger partial charge in [0.15, 0.2) is 0 Å². The molecule has 104 valence electrons. The highest BCUT2D eigenvalue weighted by molar-refractivity contribution is 5.32. The minimum Gasteiger partial charge on any atom is -0.381 e. The van der Waals surface area contributed by atoms with Crippen molar-refractivity contribution >= 4 is 0 Å². The van der Waals surface area contributed by atoms with Crippen molar-refractivity contribution in [1.82, 2.24) is 4.90 Å². The second-order valence-electron chi connectivity index (χ2n) is 5.57. The minimum absolute atomic E-state index is 0.821. The predicted octanol–water partition coefficient (Wildman–Crippen LogP) is 3.33. The van der Waals surface area contributed by atoms with Gasteiger partial charge in [-0.1, -0.05) is 49.8 Å². The molecule has 0 spiro atoms. The second-order valence-corrected chi connectivity index (χ2v) is 5.57. The molecule has 0 aliphatic carbocycles. The summed E-state index contributed by atoms with van der Waals surface area (Å²) in [6.07, 6.45) is 5.69. The molecule has 1 N–H and O–H groups in total. The predicted molar refractivity (Wildman–Crippen MR) is 80.1 cm³/mol. The number of nitrogens with zero attached hydrogens (tertiary/aromatic N) is 1. The Morgan fingerprint density at radius 3 is 2.58 bits per heavy atom. The lowest BCUT2D eigenvalue weighted by Crippen LogP contribution is -2.35. The summed E-state index contributed by atoms with van der Waals surface area (Å²) in [5, 5.41) is 10.8. The summed E-state index contributed by atoms with van der Waals surface area (Å²) in [5.74, 6) is 0. The van der Waals surface area contributed by atoms with Crippen molar-refractivity contribution in [2.45, 2.75) is 38.7 Å². The summed E-state index contributed by atoms with van der Waals surface area (Å²) in [5.41, 5.74) is 1.33. The van der Waals surface area contributed by atoms with E-state index in [4.69, 9.17) is 0 Å². The Bertz CT molecular complexity index is 422. The van der Waals surface area contributed by atoms with Gasteiger partial charge in [-0.3, -0.25) is 4.90 Å². The van der Waals surface area contributed by atoms with Crippen LogP contribution in [-0.4, -0.2) is 29.6 Å². The molecule has 1 aliphatic rings. The molecule has 0 saturated heterocycles. The van der Waals surface area contributed by atoms with Crippen LogP contribution in [-0.2, 0) is 5.60 Å². The highest BCUT2D eigenvalue weighted by atomic mass is 16.3. The number of hydrogen-bond donors (Lipinski definition) is 1. The van der Waals surface area contributed by atoms with E-state index in [1.165, 1.54) is 19.4 Å². The number of aliphatic hydroxyl groups is 1. The molecule has 1 atom stereocenters. The smallest absolute Gasteiger partial charge is 0.108 e. The van der Waals surface area contributed by atoms with E-state index in [1.54, 1.807) is 0 Å². The summed E-state index contributed by atoms with van der Waals surface area (Å²) in [6.45, 7) is 7.35. The Hall–Kier alpha value is -1.12. The van der Waals surface area contributed by atoms with Crippen molar-refractivity contribution < 1.29 is 5.11 Å². The fourth-order valence-electron chi connectivity index (χ4n) is 2.69. The van der Waals surface area contributed by atoms with Gasteiger partial charge in [-0.05, 0) is 37.4 Å². The first-order valence-corrected chi connectivity index (χ1v) is 7.34. The average molecular weight is 259 g/mol. The molecule has 2 rings (SSSR count). The summed E-state index contributed by atoms with van der Waals surface area (Å²) >= 11 is 0. The quantitative estimate of drug-likeness (QED) is 0.820. The topological polar surface area (TPSA) is 23.5 Å². The normalized spacial score (nSPS) is 19.8. The Morgan fingerprint density at radius 2 is 2.00 bits per heavy atom. The third-order valence-electron chi connectivity index (χ3n) is 4.08. The van der Waals surface area contributed by atoms with Gasteiger partial charge in [0, 0.05) is 13.1 Å². The van der Waals surface area contributed by atoms with E-state index in [2.05, 4.69) is 17.9 Å². The van der Waals surface area contributed by atoms with Crippen molar-refractivity contribution in [2.24, 2.45) is 0 Å². The van der Waals surface area contributed by atoms with Crippen LogP contribution < -0.4 is 0 Å². The van der Waals surface area contributed by atoms with E-state index in [0.29, 0.717) is 0 Å². The van der Waals surface area contributed by atoms with Crippen LogP contribution in [0.5, 0.6) is 0 Å². The lowest BCUT2D eigenvalue weighted by molar-refractivity contribution is 0.0873. The molecule has 1 unspecified atom stereocenters. The van der Waals surface area contributed by atoms with Gasteiger partial charge in [-0.25, -0.2) is 0 Å². The third-order valence-corrected chi connectivity index (χ3v) is 4.08. The maximum atomic E-state index is 10.8. The molecule has 1 aliphatic heterocycles. The molecule has 1 heterocycles. The van der Waals surface area contributed by atoms with Crippen LogP contribution in [0.4, 0.5) is 0 Å². The van der Waals surface area contributed by atoms with Crippen LogP contribution in [0, 0.1) is 0 Å². The van der Waals surface area contributed by atoms with Crippen molar-refractivity contribution in [2.75, 3.05) is 19.6 Å². The molecule has 1 aromatic carbocycles. The van der Waals surface area contributed by atoms with Crippen LogP contribution >= 0.6 is 0 Å². The van der Waals surface area contributed by atoms with Crippen LogP contribution in [0.15, 0.2) is 42.0 Å². The molecule has 1 aromatic rings. The largest absolute Gasteiger partial charge is 0.381 e. The molecule has 2 heteroatoms. The summed E-state index contributed by atoms with van der Waals surface area (Å²) in [4.78, 5) is 2.47. The summed E-state index contributed by atoms with van der Waals surface area (Å²) in [7, 11) is 0. The Morgan fingerprint density at radius 1 is 1.26 bits per heavy atom. The summed E-state index contributed by atoms with van der Waals surface area (Å²) in [6, 6.07) is 9.97. The third kappa shape index (κ3) is 3.46. The van der Waals surface area contributed by atoms with E-state index in [-0.39, 0.29) is 0 Å². The van der Waals surface area contributed by atoms with Gasteiger partial charge in [0.1, 0.15) is 5.60 Å². The van der Waals surface area contributed by atoms with Gasteiger partial charge in [0.05, 0.1) is 0 Å². The van der Waals surface area contributed by atoms with Gasteiger partial charge in [0.25, 0.3) is 0 Å². The number of unbranched alkanes of at least 4 members (excludes halogenated alkanes) is 1. The Kier molecular flexibility index (Phi) is 4.78. The molecule has 19 heavy (non-hydrogen) atoms. The maximum Gasteiger partial charge on any atom is 0.108 e. The van der Waals surface area contributed by atoms with Gasteiger partial charge in [0.2, 0.25) is 0 Å². The fraction of sp³-hybridized carbons (Fsp3) is 0.529. The zero-order valence-corrected chi connectivity index (χ0v) is 12.1. The van der Waals surface area contributed by atoms with Gasteiger partial charge in [-0.2, -0.15) is 0 Å². The van der Waals surface area contributed by atoms with E-state index < -0.39 is 5.60 Å². The summed E-state index contributed by atoms with van der Waals surface area (Å²) < 4.78 is 0. The lowest BCUT2D eigenvalue weighted by atomic mass is 9.84. The zero-order chi connectivity index (χ0) is 13.7. The monoisotopic (exact) mass is 259 g/mol. The highest BCUT2D eigenvalue weighted by Crippen LogP contribution is 2.32. The van der Waals surface area contributed by atoms with Crippen molar-refractivity contribution in [1.29, 1.82) is 0 Å². The molecule has 0 aromatic heterocycles. The fourth-order valence-corrected chi connectivity index (χ4v) is 2.69. The first kappa shape index (κ1) is 14.3. The first-order chi connectivity index (χ1) is 9.14. The first-order valence-electron chi connectivity index (χ1n) is 7.34. The van der Waals surface area contributed by atoms with E-state index >= 15 is 0 Å². The number of hydrogen-bond acceptors (Lipinski definition) is 2. The maximum absolute atomic E-state index is 10.8. The molecular weight excluding hydrogens is 234 g/mol. The van der Waals surface area contributed by atoms with E-state index in [0.717, 1.165) is 30.6 Å². The van der Waals surface area contributed by atoms with E-state index in [1.807, 2.05) is 37.3 Å². The van der Waals surface area contributed by atoms with Gasteiger partial charge < -0.3 is 5.11 Å². The van der Waals surface area contributed by atoms with Crippen LogP contribution in [0.1, 0.15) is 38.7 Å².